The number of benzene rings is 1. The van der Waals surface area contributed by atoms with Crippen molar-refractivity contribution in [3.63, 3.8) is 0 Å². The lowest BCUT2D eigenvalue weighted by molar-refractivity contribution is -0.131. The average molecular weight is 313 g/mol. The number of nitrogens with zero attached hydrogens (tertiary/aromatic N) is 1. The zero-order chi connectivity index (χ0) is 14.5. The number of amides is 1. The highest BCUT2D eigenvalue weighted by molar-refractivity contribution is 5.85. The van der Waals surface area contributed by atoms with Gasteiger partial charge in [-0.2, -0.15) is 0 Å². The van der Waals surface area contributed by atoms with Crippen LogP contribution in [-0.2, 0) is 11.3 Å². The minimum absolute atomic E-state index is 0. The van der Waals surface area contributed by atoms with Gasteiger partial charge in [-0.15, -0.1) is 12.4 Å². The second-order valence-corrected chi connectivity index (χ2v) is 5.62. The van der Waals surface area contributed by atoms with Gasteiger partial charge in [0.05, 0.1) is 7.11 Å². The molecule has 0 heterocycles. The molecular weight excluding hydrogens is 288 g/mol. The standard InChI is InChI=1S/C16H24N2O2.ClH/c1-18(11-13-6-3-4-9-15(13)20-2)16(19)10-12-7-5-8-14(12)17;/h3-4,6,9,12,14H,5,7-8,10-11,17H2,1-2H3;1H/t12-,14+;/m0./s1. The first-order valence-electron chi connectivity index (χ1n) is 7.23. The molecule has 0 aliphatic heterocycles. The number of para-hydroxylation sites is 1. The van der Waals surface area contributed by atoms with E-state index in [1.165, 1.54) is 0 Å². The van der Waals surface area contributed by atoms with Crippen LogP contribution in [0, 0.1) is 5.92 Å². The van der Waals surface area contributed by atoms with E-state index >= 15 is 0 Å². The van der Waals surface area contributed by atoms with E-state index in [-0.39, 0.29) is 24.4 Å². The third kappa shape index (κ3) is 4.61. The molecule has 4 nitrogen and oxygen atoms in total. The van der Waals surface area contributed by atoms with Gasteiger partial charge in [0.25, 0.3) is 0 Å². The molecule has 0 saturated heterocycles. The van der Waals surface area contributed by atoms with Crippen molar-refractivity contribution in [1.82, 2.24) is 4.90 Å². The van der Waals surface area contributed by atoms with Crippen molar-refractivity contribution in [3.05, 3.63) is 29.8 Å². The smallest absolute Gasteiger partial charge is 0.222 e. The summed E-state index contributed by atoms with van der Waals surface area (Å²) in [6.45, 7) is 0.574. The average Bonchev–Trinajstić information content (AvgIpc) is 2.84. The number of methoxy groups -OCH3 is 1. The summed E-state index contributed by atoms with van der Waals surface area (Å²) < 4.78 is 5.32. The largest absolute Gasteiger partial charge is 0.496 e. The third-order valence-corrected chi connectivity index (χ3v) is 4.18. The van der Waals surface area contributed by atoms with Gasteiger partial charge < -0.3 is 15.4 Å². The van der Waals surface area contributed by atoms with Gasteiger partial charge in [0.2, 0.25) is 5.91 Å². The molecule has 0 aromatic heterocycles. The molecule has 2 rings (SSSR count). The van der Waals surface area contributed by atoms with Crippen molar-refractivity contribution < 1.29 is 9.53 Å². The monoisotopic (exact) mass is 312 g/mol. The maximum Gasteiger partial charge on any atom is 0.222 e. The van der Waals surface area contributed by atoms with Crippen LogP contribution in [0.1, 0.15) is 31.2 Å². The molecule has 0 unspecified atom stereocenters. The molecule has 5 heteroatoms. The highest BCUT2D eigenvalue weighted by Crippen LogP contribution is 2.27. The fraction of sp³-hybridized carbons (Fsp3) is 0.562. The first-order chi connectivity index (χ1) is 9.61. The van der Waals surface area contributed by atoms with E-state index in [1.54, 1.807) is 12.0 Å². The summed E-state index contributed by atoms with van der Waals surface area (Å²) >= 11 is 0. The molecular formula is C16H25ClN2O2. The van der Waals surface area contributed by atoms with Crippen LogP contribution in [0.3, 0.4) is 0 Å². The van der Waals surface area contributed by atoms with E-state index in [4.69, 9.17) is 10.5 Å². The summed E-state index contributed by atoms with van der Waals surface area (Å²) in [4.78, 5) is 14.0. The SMILES string of the molecule is COc1ccccc1CN(C)C(=O)C[C@@H]1CCC[C@H]1N.Cl. The van der Waals surface area contributed by atoms with Gasteiger partial charge in [-0.25, -0.2) is 0 Å². The predicted octanol–water partition coefficient (Wildman–Crippen LogP) is 2.59. The quantitative estimate of drug-likeness (QED) is 0.909. The van der Waals surface area contributed by atoms with Gasteiger partial charge in [0, 0.05) is 31.6 Å². The maximum atomic E-state index is 12.3. The summed E-state index contributed by atoms with van der Waals surface area (Å²) in [5.74, 6) is 1.34. The van der Waals surface area contributed by atoms with E-state index < -0.39 is 0 Å². The zero-order valence-electron chi connectivity index (χ0n) is 12.7. The van der Waals surface area contributed by atoms with Crippen LogP contribution in [0.15, 0.2) is 24.3 Å². The lowest BCUT2D eigenvalue weighted by Gasteiger charge is -2.22. The van der Waals surface area contributed by atoms with E-state index in [9.17, 15) is 4.79 Å². The Balaban J connectivity index is 0.00000220. The van der Waals surface area contributed by atoms with Crippen LogP contribution in [0.4, 0.5) is 0 Å². The number of ether oxygens (including phenoxy) is 1. The van der Waals surface area contributed by atoms with E-state index in [1.807, 2.05) is 31.3 Å². The van der Waals surface area contributed by atoms with E-state index in [0.717, 1.165) is 30.6 Å². The Morgan fingerprint density at radius 1 is 1.38 bits per heavy atom. The van der Waals surface area contributed by atoms with Crippen molar-refractivity contribution in [1.29, 1.82) is 0 Å². The fourth-order valence-corrected chi connectivity index (χ4v) is 2.88. The lowest BCUT2D eigenvalue weighted by atomic mass is 9.99. The molecule has 1 fully saturated rings. The van der Waals surface area contributed by atoms with Crippen molar-refractivity contribution in [2.45, 2.75) is 38.3 Å². The summed E-state index contributed by atoms with van der Waals surface area (Å²) in [5.41, 5.74) is 7.06. The molecule has 0 bridgehead atoms. The van der Waals surface area contributed by atoms with Crippen LogP contribution < -0.4 is 10.5 Å². The Bertz CT molecular complexity index is 467. The van der Waals surface area contributed by atoms with Crippen LogP contribution in [0.5, 0.6) is 5.75 Å². The Kier molecular flexibility index (Phi) is 6.99. The normalized spacial score (nSPS) is 20.7. The molecule has 2 atom stereocenters. The molecule has 21 heavy (non-hydrogen) atoms. The first-order valence-corrected chi connectivity index (χ1v) is 7.23. The second-order valence-electron chi connectivity index (χ2n) is 5.62. The van der Waals surface area contributed by atoms with E-state index in [0.29, 0.717) is 18.9 Å². The van der Waals surface area contributed by atoms with Crippen LogP contribution in [0.25, 0.3) is 0 Å². The minimum Gasteiger partial charge on any atom is -0.496 e. The number of carbonyl (C=O) groups excluding carboxylic acids is 1. The van der Waals surface area contributed by atoms with Crippen molar-refractivity contribution in [3.8, 4) is 5.75 Å². The van der Waals surface area contributed by atoms with Gasteiger partial charge >= 0.3 is 0 Å². The maximum absolute atomic E-state index is 12.3. The molecule has 1 aromatic rings. The third-order valence-electron chi connectivity index (χ3n) is 4.18. The van der Waals surface area contributed by atoms with Gasteiger partial charge in [-0.1, -0.05) is 24.6 Å². The summed E-state index contributed by atoms with van der Waals surface area (Å²) in [7, 11) is 3.49. The molecule has 1 amide bonds. The predicted molar refractivity (Wildman–Crippen MR) is 86.6 cm³/mol. The van der Waals surface area contributed by atoms with Crippen molar-refractivity contribution in [2.24, 2.45) is 11.7 Å². The molecule has 1 aliphatic carbocycles. The number of hydrogen-bond donors (Lipinski definition) is 1. The van der Waals surface area contributed by atoms with E-state index in [2.05, 4.69) is 0 Å². The molecule has 1 aromatic carbocycles. The fourth-order valence-electron chi connectivity index (χ4n) is 2.88. The number of rotatable bonds is 5. The molecule has 1 saturated carbocycles. The second kappa shape index (κ2) is 8.25. The van der Waals surface area contributed by atoms with Crippen molar-refractivity contribution >= 4 is 18.3 Å². The topological polar surface area (TPSA) is 55.6 Å². The van der Waals surface area contributed by atoms with Gasteiger partial charge in [-0.05, 0) is 24.8 Å². The molecule has 0 spiro atoms. The lowest BCUT2D eigenvalue weighted by Crippen LogP contribution is -2.32. The Morgan fingerprint density at radius 2 is 2.10 bits per heavy atom. The number of hydrogen-bond acceptors (Lipinski definition) is 3. The van der Waals surface area contributed by atoms with Crippen LogP contribution in [-0.4, -0.2) is 31.0 Å². The van der Waals surface area contributed by atoms with Crippen molar-refractivity contribution in [2.75, 3.05) is 14.2 Å². The Labute approximate surface area is 133 Å². The highest BCUT2D eigenvalue weighted by Gasteiger charge is 2.27. The molecule has 0 radical (unpaired) electrons. The summed E-state index contributed by atoms with van der Waals surface area (Å²) in [5, 5.41) is 0. The Hall–Kier alpha value is -1.26. The first kappa shape index (κ1) is 17.8. The van der Waals surface area contributed by atoms with Gasteiger partial charge in [-0.3, -0.25) is 4.79 Å². The highest BCUT2D eigenvalue weighted by atomic mass is 35.5. The van der Waals surface area contributed by atoms with Crippen LogP contribution >= 0.6 is 12.4 Å². The Morgan fingerprint density at radius 3 is 2.71 bits per heavy atom. The summed E-state index contributed by atoms with van der Waals surface area (Å²) in [6, 6.07) is 7.99. The summed E-state index contributed by atoms with van der Waals surface area (Å²) in [6.07, 6.45) is 3.84. The van der Waals surface area contributed by atoms with Gasteiger partial charge in [0.15, 0.2) is 0 Å². The minimum atomic E-state index is 0. The number of nitrogens with two attached hydrogens (primary N) is 1. The number of carbonyl (C=O) groups is 1. The molecule has 118 valence electrons. The van der Waals surface area contributed by atoms with Gasteiger partial charge in [0.1, 0.15) is 5.75 Å². The molecule has 1 aliphatic rings. The van der Waals surface area contributed by atoms with Crippen LogP contribution in [0.2, 0.25) is 0 Å². The number of halogens is 1. The zero-order valence-corrected chi connectivity index (χ0v) is 13.6. The molecule has 2 N–H and O–H groups in total.